The van der Waals surface area contributed by atoms with Crippen LogP contribution < -0.4 is 4.90 Å². The van der Waals surface area contributed by atoms with Crippen LogP contribution in [-0.4, -0.2) is 37.6 Å². The number of benzene rings is 1. The molecule has 1 aliphatic heterocycles. The van der Waals surface area contributed by atoms with Gasteiger partial charge in [0.2, 0.25) is 0 Å². The molecule has 1 aliphatic rings. The molecule has 0 spiro atoms. The molecule has 3 heterocycles. The second-order valence-corrected chi connectivity index (χ2v) is 5.93. The van der Waals surface area contributed by atoms with Gasteiger partial charge in [0.15, 0.2) is 11.5 Å². The summed E-state index contributed by atoms with van der Waals surface area (Å²) in [4.78, 5) is 1.78. The highest BCUT2D eigenvalue weighted by Gasteiger charge is 2.35. The molecule has 4 rings (SSSR count). The molecule has 8 heteroatoms. The van der Waals surface area contributed by atoms with E-state index in [4.69, 9.17) is 0 Å². The SMILES string of the molecule is Cc1nnc2ccc(N3C[C@@H](O)C[C@H]3c3cc(F)ccc3F)nn12. The lowest BCUT2D eigenvalue weighted by Crippen LogP contribution is -2.26. The fourth-order valence-corrected chi connectivity index (χ4v) is 3.17. The Morgan fingerprint density at radius 1 is 1.17 bits per heavy atom. The van der Waals surface area contributed by atoms with Gasteiger partial charge in [0.05, 0.1) is 12.1 Å². The summed E-state index contributed by atoms with van der Waals surface area (Å²) in [5.41, 5.74) is 0.818. The zero-order valence-corrected chi connectivity index (χ0v) is 12.9. The second kappa shape index (κ2) is 5.48. The van der Waals surface area contributed by atoms with Crippen LogP contribution in [0.2, 0.25) is 0 Å². The molecule has 2 atom stereocenters. The Hall–Kier alpha value is -2.61. The Labute approximate surface area is 136 Å². The van der Waals surface area contributed by atoms with E-state index in [0.29, 0.717) is 30.3 Å². The quantitative estimate of drug-likeness (QED) is 0.778. The van der Waals surface area contributed by atoms with Gasteiger partial charge in [-0.15, -0.1) is 15.3 Å². The first kappa shape index (κ1) is 14.9. The summed E-state index contributed by atoms with van der Waals surface area (Å²) in [6.07, 6.45) is -0.335. The molecule has 0 aliphatic carbocycles. The highest BCUT2D eigenvalue weighted by molar-refractivity contribution is 5.49. The maximum absolute atomic E-state index is 14.2. The van der Waals surface area contributed by atoms with Crippen molar-refractivity contribution in [2.75, 3.05) is 11.4 Å². The van der Waals surface area contributed by atoms with Gasteiger partial charge in [-0.3, -0.25) is 0 Å². The molecule has 24 heavy (non-hydrogen) atoms. The number of hydrogen-bond acceptors (Lipinski definition) is 5. The van der Waals surface area contributed by atoms with Crippen molar-refractivity contribution in [1.29, 1.82) is 0 Å². The standard InChI is InChI=1S/C16H15F2N5O/c1-9-19-20-15-4-5-16(21-23(9)15)22-8-11(24)7-14(22)12-6-10(17)2-3-13(12)18/h2-6,11,14,24H,7-8H2,1H3/t11-,14-/m0/s1. The van der Waals surface area contributed by atoms with Crippen LogP contribution in [0.25, 0.3) is 5.65 Å². The van der Waals surface area contributed by atoms with Crippen molar-refractivity contribution in [3.8, 4) is 0 Å². The average Bonchev–Trinajstić information content (AvgIpc) is 3.13. The first-order chi connectivity index (χ1) is 11.5. The van der Waals surface area contributed by atoms with Crippen molar-refractivity contribution < 1.29 is 13.9 Å². The third-order valence-corrected chi connectivity index (χ3v) is 4.29. The molecule has 2 aromatic heterocycles. The monoisotopic (exact) mass is 331 g/mol. The molecular formula is C16H15F2N5O. The van der Waals surface area contributed by atoms with Gasteiger partial charge in [-0.05, 0) is 43.7 Å². The van der Waals surface area contributed by atoms with E-state index >= 15 is 0 Å². The molecule has 0 bridgehead atoms. The fourth-order valence-electron chi connectivity index (χ4n) is 3.17. The summed E-state index contributed by atoms with van der Waals surface area (Å²) in [6.45, 7) is 2.07. The highest BCUT2D eigenvalue weighted by Crippen LogP contribution is 2.36. The third kappa shape index (κ3) is 2.39. The molecule has 0 radical (unpaired) electrons. The molecule has 1 aromatic carbocycles. The van der Waals surface area contributed by atoms with Crippen LogP contribution in [0.1, 0.15) is 23.9 Å². The lowest BCUT2D eigenvalue weighted by molar-refractivity contribution is 0.194. The normalized spacial score (nSPS) is 20.9. The van der Waals surface area contributed by atoms with E-state index in [2.05, 4.69) is 15.3 Å². The number of halogens is 2. The molecule has 1 saturated heterocycles. The van der Waals surface area contributed by atoms with E-state index in [1.807, 2.05) is 0 Å². The predicted molar refractivity (Wildman–Crippen MR) is 82.6 cm³/mol. The first-order valence-electron chi connectivity index (χ1n) is 7.61. The Balaban J connectivity index is 1.79. The van der Waals surface area contributed by atoms with E-state index in [9.17, 15) is 13.9 Å². The molecule has 0 unspecified atom stereocenters. The molecule has 3 aromatic rings. The molecule has 124 valence electrons. The number of aliphatic hydroxyl groups is 1. The van der Waals surface area contributed by atoms with Crippen LogP contribution >= 0.6 is 0 Å². The van der Waals surface area contributed by atoms with Crippen LogP contribution in [0.15, 0.2) is 30.3 Å². The number of nitrogens with zero attached hydrogens (tertiary/aromatic N) is 5. The summed E-state index contributed by atoms with van der Waals surface area (Å²) in [6, 6.07) is 6.37. The molecule has 1 N–H and O–H groups in total. The second-order valence-electron chi connectivity index (χ2n) is 5.93. The minimum atomic E-state index is -0.642. The van der Waals surface area contributed by atoms with Gasteiger partial charge in [0, 0.05) is 12.1 Å². The van der Waals surface area contributed by atoms with Crippen molar-refractivity contribution in [2.45, 2.75) is 25.5 Å². The van der Waals surface area contributed by atoms with E-state index in [1.165, 1.54) is 6.07 Å². The largest absolute Gasteiger partial charge is 0.391 e. The Bertz CT molecular complexity index is 913. The van der Waals surface area contributed by atoms with E-state index in [1.54, 1.807) is 28.5 Å². The van der Waals surface area contributed by atoms with Gasteiger partial charge in [0.25, 0.3) is 0 Å². The summed E-state index contributed by atoms with van der Waals surface area (Å²) in [7, 11) is 0. The number of aromatic nitrogens is 4. The zero-order valence-electron chi connectivity index (χ0n) is 12.9. The van der Waals surface area contributed by atoms with Crippen LogP contribution in [0, 0.1) is 18.6 Å². The van der Waals surface area contributed by atoms with Gasteiger partial charge in [-0.25, -0.2) is 8.78 Å². The van der Waals surface area contributed by atoms with Gasteiger partial charge in [-0.2, -0.15) is 4.52 Å². The van der Waals surface area contributed by atoms with Crippen LogP contribution in [0.5, 0.6) is 0 Å². The maximum Gasteiger partial charge on any atom is 0.178 e. The van der Waals surface area contributed by atoms with Crippen molar-refractivity contribution in [3.63, 3.8) is 0 Å². The first-order valence-corrected chi connectivity index (χ1v) is 7.61. The van der Waals surface area contributed by atoms with Crippen LogP contribution in [-0.2, 0) is 0 Å². The molecule has 6 nitrogen and oxygen atoms in total. The minimum absolute atomic E-state index is 0.217. The summed E-state index contributed by atoms with van der Waals surface area (Å²) >= 11 is 0. The minimum Gasteiger partial charge on any atom is -0.391 e. The van der Waals surface area contributed by atoms with E-state index in [-0.39, 0.29) is 5.56 Å². The van der Waals surface area contributed by atoms with Gasteiger partial charge < -0.3 is 10.0 Å². The number of aryl methyl sites for hydroxylation is 1. The Morgan fingerprint density at radius 2 is 2.00 bits per heavy atom. The number of hydrogen-bond donors (Lipinski definition) is 1. The number of anilines is 1. The topological polar surface area (TPSA) is 66.5 Å². The number of aliphatic hydroxyl groups excluding tert-OH is 1. The van der Waals surface area contributed by atoms with Gasteiger partial charge in [-0.1, -0.05) is 0 Å². The zero-order chi connectivity index (χ0) is 16.8. The number of β-amino-alcohol motifs (C(OH)–C–C–N with tert-alkyl or cyclic N) is 1. The fraction of sp³-hybridized carbons (Fsp3) is 0.312. The Kier molecular flexibility index (Phi) is 3.42. The predicted octanol–water partition coefficient (Wildman–Crippen LogP) is 2.02. The highest BCUT2D eigenvalue weighted by atomic mass is 19.1. The number of rotatable bonds is 2. The van der Waals surface area contributed by atoms with Crippen LogP contribution in [0.4, 0.5) is 14.6 Å². The summed E-state index contributed by atoms with van der Waals surface area (Å²) in [5, 5.41) is 22.5. The van der Waals surface area contributed by atoms with Crippen molar-refractivity contribution in [3.05, 3.63) is 53.4 Å². The lowest BCUT2D eigenvalue weighted by Gasteiger charge is -2.26. The molecular weight excluding hydrogens is 316 g/mol. The van der Waals surface area contributed by atoms with Gasteiger partial charge >= 0.3 is 0 Å². The molecule has 0 amide bonds. The summed E-state index contributed by atoms with van der Waals surface area (Å²) in [5.74, 6) is 0.170. The Morgan fingerprint density at radius 3 is 2.83 bits per heavy atom. The summed E-state index contributed by atoms with van der Waals surface area (Å²) < 4.78 is 29.3. The van der Waals surface area contributed by atoms with Gasteiger partial charge in [0.1, 0.15) is 17.5 Å². The lowest BCUT2D eigenvalue weighted by atomic mass is 10.0. The van der Waals surface area contributed by atoms with Crippen LogP contribution in [0.3, 0.4) is 0 Å². The third-order valence-electron chi connectivity index (χ3n) is 4.29. The van der Waals surface area contributed by atoms with Crippen molar-refractivity contribution >= 4 is 11.5 Å². The van der Waals surface area contributed by atoms with Crippen molar-refractivity contribution in [1.82, 2.24) is 19.8 Å². The molecule has 1 fully saturated rings. The number of fused-ring (bicyclic) bond motifs is 1. The average molecular weight is 331 g/mol. The van der Waals surface area contributed by atoms with E-state index in [0.717, 1.165) is 12.1 Å². The van der Waals surface area contributed by atoms with Crippen molar-refractivity contribution in [2.24, 2.45) is 0 Å². The molecule has 0 saturated carbocycles. The maximum atomic E-state index is 14.2. The van der Waals surface area contributed by atoms with E-state index < -0.39 is 23.8 Å². The smallest absolute Gasteiger partial charge is 0.178 e.